The molecule has 3 aromatic rings. The van der Waals surface area contributed by atoms with Crippen molar-refractivity contribution in [1.82, 2.24) is 9.88 Å². The molecule has 2 aromatic carbocycles. The van der Waals surface area contributed by atoms with Gasteiger partial charge >= 0.3 is 5.97 Å². The summed E-state index contributed by atoms with van der Waals surface area (Å²) in [6, 6.07) is 14.0. The Balaban J connectivity index is 0.000000858. The molecular formula is C23H22N2O6. The number of benzene rings is 2. The zero-order valence-electron chi connectivity index (χ0n) is 16.7. The lowest BCUT2D eigenvalue weighted by Gasteiger charge is -2.17. The molecule has 3 N–H and O–H groups in total. The largest absolute Gasteiger partial charge is 0.483 e. The molecule has 1 atom stereocenters. The van der Waals surface area contributed by atoms with Gasteiger partial charge in [0.05, 0.1) is 11.1 Å². The maximum Gasteiger partial charge on any atom is 0.335 e. The average molecular weight is 422 g/mol. The molecule has 1 unspecified atom stereocenters. The first-order valence-electron chi connectivity index (χ1n) is 9.74. The summed E-state index contributed by atoms with van der Waals surface area (Å²) < 4.78 is 0. The van der Waals surface area contributed by atoms with Crippen LogP contribution in [0.5, 0.6) is 0 Å². The Morgan fingerprint density at radius 3 is 2.39 bits per heavy atom. The number of hydrogen-bond acceptors (Lipinski definition) is 4. The Hall–Kier alpha value is -3.94. The molecule has 0 saturated carbocycles. The Bertz CT molecular complexity index is 1150. The predicted molar refractivity (Wildman–Crippen MR) is 114 cm³/mol. The Morgan fingerprint density at radius 1 is 1.10 bits per heavy atom. The molecule has 1 aliphatic rings. The van der Waals surface area contributed by atoms with Crippen molar-refractivity contribution in [2.45, 2.75) is 12.8 Å². The van der Waals surface area contributed by atoms with E-state index in [1.54, 1.807) is 30.3 Å². The van der Waals surface area contributed by atoms with Gasteiger partial charge in [-0.15, -0.1) is 0 Å². The SMILES string of the molecule is O=C(O)c1ccc(CC2CCN(C(=O)c3c[nH]c(=O)c4ccccc34)C2)cc1.O=CO. The topological polar surface area (TPSA) is 128 Å². The Kier molecular flexibility index (Phi) is 6.81. The van der Waals surface area contributed by atoms with Gasteiger partial charge in [0.25, 0.3) is 17.9 Å². The third-order valence-electron chi connectivity index (χ3n) is 5.34. The van der Waals surface area contributed by atoms with Crippen LogP contribution >= 0.6 is 0 Å². The van der Waals surface area contributed by atoms with Gasteiger partial charge in [-0.05, 0) is 42.5 Å². The summed E-state index contributed by atoms with van der Waals surface area (Å²) in [6.07, 6.45) is 3.20. The molecule has 1 fully saturated rings. The van der Waals surface area contributed by atoms with Crippen molar-refractivity contribution in [1.29, 1.82) is 0 Å². The first kappa shape index (κ1) is 21.8. The number of pyridine rings is 1. The minimum atomic E-state index is -0.933. The number of carbonyl (C=O) groups excluding carboxylic acids is 1. The normalized spacial score (nSPS) is 15.2. The molecule has 2 heterocycles. The van der Waals surface area contributed by atoms with Crippen LogP contribution in [0.1, 0.15) is 32.7 Å². The highest BCUT2D eigenvalue weighted by atomic mass is 16.4. The highest BCUT2D eigenvalue weighted by molar-refractivity contribution is 6.06. The van der Waals surface area contributed by atoms with E-state index in [-0.39, 0.29) is 23.5 Å². The number of fused-ring (bicyclic) bond motifs is 1. The molecule has 0 aliphatic carbocycles. The van der Waals surface area contributed by atoms with Crippen molar-refractivity contribution in [3.63, 3.8) is 0 Å². The molecule has 1 amide bonds. The van der Waals surface area contributed by atoms with E-state index in [0.717, 1.165) is 18.4 Å². The van der Waals surface area contributed by atoms with Gasteiger partial charge in [0, 0.05) is 30.1 Å². The lowest BCUT2D eigenvalue weighted by Crippen LogP contribution is -2.29. The maximum absolute atomic E-state index is 13.0. The number of H-pyrrole nitrogens is 1. The van der Waals surface area contributed by atoms with Crippen LogP contribution < -0.4 is 5.56 Å². The lowest BCUT2D eigenvalue weighted by molar-refractivity contribution is -0.122. The summed E-state index contributed by atoms with van der Waals surface area (Å²) in [4.78, 5) is 48.8. The van der Waals surface area contributed by atoms with Crippen molar-refractivity contribution in [3.05, 3.63) is 81.8 Å². The van der Waals surface area contributed by atoms with E-state index >= 15 is 0 Å². The standard InChI is InChI=1S/C22H20N2O4.CH2O2/c25-20-18-4-2-1-3-17(18)19(12-23-20)21(26)24-10-9-15(13-24)11-14-5-7-16(8-6-14)22(27)28;2-1-3/h1-8,12,15H,9-11,13H2,(H,23,25)(H,27,28);1H,(H,2,3). The number of aromatic amines is 1. The fraction of sp³-hybridized carbons (Fsp3) is 0.217. The number of nitrogens with one attached hydrogen (secondary N) is 1. The molecule has 1 saturated heterocycles. The number of hydrogen-bond donors (Lipinski definition) is 3. The Morgan fingerprint density at radius 2 is 1.74 bits per heavy atom. The molecule has 160 valence electrons. The molecule has 4 rings (SSSR count). The van der Waals surface area contributed by atoms with E-state index < -0.39 is 5.97 Å². The van der Waals surface area contributed by atoms with E-state index in [0.29, 0.717) is 35.3 Å². The molecule has 0 radical (unpaired) electrons. The average Bonchev–Trinajstić information content (AvgIpc) is 3.23. The van der Waals surface area contributed by atoms with Gasteiger partial charge in [-0.3, -0.25) is 14.4 Å². The van der Waals surface area contributed by atoms with Crippen LogP contribution in [-0.4, -0.2) is 51.5 Å². The van der Waals surface area contributed by atoms with E-state index in [9.17, 15) is 14.4 Å². The number of aromatic carboxylic acids is 1. The van der Waals surface area contributed by atoms with Crippen LogP contribution in [0.15, 0.2) is 59.5 Å². The van der Waals surface area contributed by atoms with E-state index in [1.165, 1.54) is 6.20 Å². The lowest BCUT2D eigenvalue weighted by atomic mass is 9.98. The fourth-order valence-electron chi connectivity index (χ4n) is 3.86. The minimum absolute atomic E-state index is 0.0730. The van der Waals surface area contributed by atoms with Gasteiger partial charge in [0.15, 0.2) is 0 Å². The van der Waals surface area contributed by atoms with Crippen molar-refractivity contribution >= 4 is 29.1 Å². The number of nitrogens with zero attached hydrogens (tertiary/aromatic N) is 1. The van der Waals surface area contributed by atoms with E-state index in [2.05, 4.69) is 4.98 Å². The molecular weight excluding hydrogens is 400 g/mol. The number of aromatic nitrogens is 1. The third kappa shape index (κ3) is 4.98. The quantitative estimate of drug-likeness (QED) is 0.555. The summed E-state index contributed by atoms with van der Waals surface area (Å²) in [5.41, 5.74) is 1.66. The van der Waals surface area contributed by atoms with Crippen molar-refractivity contribution in [2.24, 2.45) is 5.92 Å². The van der Waals surface area contributed by atoms with Crippen LogP contribution in [0, 0.1) is 5.92 Å². The molecule has 0 bridgehead atoms. The molecule has 1 aliphatic heterocycles. The summed E-state index contributed by atoms with van der Waals surface area (Å²) in [5.74, 6) is -0.679. The zero-order valence-corrected chi connectivity index (χ0v) is 16.7. The predicted octanol–water partition coefficient (Wildman–Crippen LogP) is 2.63. The number of likely N-dealkylation sites (tertiary alicyclic amines) is 1. The summed E-state index contributed by atoms with van der Waals surface area (Å²) in [6.45, 7) is 1.07. The van der Waals surface area contributed by atoms with Crippen LogP contribution in [0.2, 0.25) is 0 Å². The van der Waals surface area contributed by atoms with Gasteiger partial charge in [-0.1, -0.05) is 30.3 Å². The second kappa shape index (κ2) is 9.71. The van der Waals surface area contributed by atoms with Gasteiger partial charge in [-0.25, -0.2) is 4.79 Å². The summed E-state index contributed by atoms with van der Waals surface area (Å²) >= 11 is 0. The summed E-state index contributed by atoms with van der Waals surface area (Å²) in [7, 11) is 0. The first-order chi connectivity index (χ1) is 14.9. The maximum atomic E-state index is 13.0. The number of carboxylic acids is 1. The second-order valence-corrected chi connectivity index (χ2v) is 7.29. The monoisotopic (exact) mass is 422 g/mol. The fourth-order valence-corrected chi connectivity index (χ4v) is 3.86. The minimum Gasteiger partial charge on any atom is -0.483 e. The van der Waals surface area contributed by atoms with Crippen molar-refractivity contribution in [3.8, 4) is 0 Å². The number of carbonyl (C=O) groups is 3. The van der Waals surface area contributed by atoms with Crippen molar-refractivity contribution < 1.29 is 24.6 Å². The van der Waals surface area contributed by atoms with Gasteiger partial charge in [-0.2, -0.15) is 0 Å². The summed E-state index contributed by atoms with van der Waals surface area (Å²) in [5, 5.41) is 17.1. The molecule has 8 heteroatoms. The van der Waals surface area contributed by atoms with Gasteiger partial charge in [0.2, 0.25) is 0 Å². The van der Waals surface area contributed by atoms with Gasteiger partial charge in [0.1, 0.15) is 0 Å². The molecule has 8 nitrogen and oxygen atoms in total. The van der Waals surface area contributed by atoms with Crippen LogP contribution in [0.3, 0.4) is 0 Å². The molecule has 0 spiro atoms. The van der Waals surface area contributed by atoms with Gasteiger partial charge < -0.3 is 20.1 Å². The van der Waals surface area contributed by atoms with Crippen LogP contribution in [0.25, 0.3) is 10.8 Å². The van der Waals surface area contributed by atoms with Crippen molar-refractivity contribution in [2.75, 3.05) is 13.1 Å². The highest BCUT2D eigenvalue weighted by Crippen LogP contribution is 2.24. The molecule has 1 aromatic heterocycles. The van der Waals surface area contributed by atoms with Crippen LogP contribution in [-0.2, 0) is 11.2 Å². The second-order valence-electron chi connectivity index (χ2n) is 7.29. The zero-order chi connectivity index (χ0) is 22.4. The number of rotatable bonds is 4. The molecule has 31 heavy (non-hydrogen) atoms. The number of carboxylic acid groups (broad SMARTS) is 2. The smallest absolute Gasteiger partial charge is 0.335 e. The third-order valence-corrected chi connectivity index (χ3v) is 5.34. The van der Waals surface area contributed by atoms with E-state index in [4.69, 9.17) is 15.0 Å². The van der Waals surface area contributed by atoms with E-state index in [1.807, 2.05) is 23.1 Å². The first-order valence-corrected chi connectivity index (χ1v) is 9.74. The number of amides is 1. The Labute approximate surface area is 177 Å². The van der Waals surface area contributed by atoms with Crippen LogP contribution in [0.4, 0.5) is 0 Å². The highest BCUT2D eigenvalue weighted by Gasteiger charge is 2.28.